The molecule has 11 heavy (non-hydrogen) atoms. The molecule has 7 heteroatoms. The molecular weight excluding hydrogens is 176 g/mol. The quantitative estimate of drug-likeness (QED) is 0.464. The molecule has 1 nitrogen and oxygen atoms in total. The maximum absolute atomic E-state index is 11.7. The van der Waals surface area contributed by atoms with Crippen molar-refractivity contribution in [2.45, 2.75) is 12.2 Å². The number of hydrogen-bond acceptors (Lipinski definition) is 1. The molecule has 66 valence electrons. The van der Waals surface area contributed by atoms with Gasteiger partial charge < -0.3 is 0 Å². The van der Waals surface area contributed by atoms with Gasteiger partial charge in [-0.3, -0.25) is 0 Å². The van der Waals surface area contributed by atoms with E-state index in [9.17, 15) is 26.5 Å². The number of nitrogens with zero attached hydrogens (tertiary/aromatic N) is 1. The molecule has 0 heterocycles. The van der Waals surface area contributed by atoms with E-state index in [1.165, 1.54) is 0 Å². The van der Waals surface area contributed by atoms with Crippen molar-refractivity contribution in [3.05, 3.63) is 12.4 Å². The summed E-state index contributed by atoms with van der Waals surface area (Å²) in [6, 6.07) is -3.53. The van der Waals surface area contributed by atoms with Crippen molar-refractivity contribution < 1.29 is 26.5 Å². The summed E-state index contributed by atoms with van der Waals surface area (Å²) < 4.78 is 68.4. The van der Waals surface area contributed by atoms with Crippen LogP contribution in [0, 0.1) is 0 Å². The van der Waals surface area contributed by atoms with Crippen LogP contribution in [-0.4, -0.2) is 17.6 Å². The standard InChI is InChI=1S/C4H3F6N/c1-2(5)3(11(9)10)4(6,7)8/h3H,1H2. The highest BCUT2D eigenvalue weighted by atomic mass is 19.4. The van der Waals surface area contributed by atoms with Crippen LogP contribution in [0.2, 0.25) is 0 Å². The second-order valence-corrected chi connectivity index (χ2v) is 1.65. The summed E-state index contributed by atoms with van der Waals surface area (Å²) in [4.78, 5) is 0. The Kier molecular flexibility index (Phi) is 2.92. The minimum Gasteiger partial charge on any atom is -0.210 e. The topological polar surface area (TPSA) is 3.24 Å². The highest BCUT2D eigenvalue weighted by molar-refractivity contribution is 4.97. The lowest BCUT2D eigenvalue weighted by molar-refractivity contribution is -0.276. The predicted octanol–water partition coefficient (Wildman–Crippen LogP) is 2.47. The fraction of sp³-hybridized carbons (Fsp3) is 0.500. The fourth-order valence-electron chi connectivity index (χ4n) is 0.394. The molecule has 0 rings (SSSR count). The lowest BCUT2D eigenvalue weighted by atomic mass is 10.3. The normalized spacial score (nSPS) is 15.2. The highest BCUT2D eigenvalue weighted by Gasteiger charge is 2.48. The third-order valence-electron chi connectivity index (χ3n) is 0.802. The van der Waals surface area contributed by atoms with Crippen molar-refractivity contribution in [3.63, 3.8) is 0 Å². The highest BCUT2D eigenvalue weighted by Crippen LogP contribution is 2.30. The molecule has 0 aliphatic carbocycles. The Hall–Kier alpha value is -0.720. The van der Waals surface area contributed by atoms with Crippen molar-refractivity contribution in [3.8, 4) is 0 Å². The first kappa shape index (κ1) is 10.3. The fourth-order valence-corrected chi connectivity index (χ4v) is 0.394. The van der Waals surface area contributed by atoms with Gasteiger partial charge in [0.05, 0.1) is 0 Å². The molecule has 0 aliphatic heterocycles. The van der Waals surface area contributed by atoms with Gasteiger partial charge in [-0.15, -0.1) is 8.96 Å². The summed E-state index contributed by atoms with van der Waals surface area (Å²) >= 11 is 0. The maximum Gasteiger partial charge on any atom is 0.415 e. The Morgan fingerprint density at radius 3 is 1.64 bits per heavy atom. The average Bonchev–Trinajstić information content (AvgIpc) is 1.54. The third kappa shape index (κ3) is 2.79. The monoisotopic (exact) mass is 179 g/mol. The number of alkyl halides is 3. The van der Waals surface area contributed by atoms with Crippen molar-refractivity contribution in [2.24, 2.45) is 0 Å². The van der Waals surface area contributed by atoms with Crippen LogP contribution in [0.15, 0.2) is 12.4 Å². The largest absolute Gasteiger partial charge is 0.415 e. The minimum absolute atomic E-state index is 2.13. The summed E-state index contributed by atoms with van der Waals surface area (Å²) in [5.74, 6) is -2.14. The van der Waals surface area contributed by atoms with Gasteiger partial charge in [0.15, 0.2) is 0 Å². The van der Waals surface area contributed by atoms with E-state index in [-0.39, 0.29) is 0 Å². The Labute approximate surface area is 57.8 Å². The van der Waals surface area contributed by atoms with E-state index in [0.29, 0.717) is 0 Å². The molecule has 0 aromatic rings. The van der Waals surface area contributed by atoms with Gasteiger partial charge in [0, 0.05) is 5.34 Å². The van der Waals surface area contributed by atoms with Gasteiger partial charge in [-0.25, -0.2) is 4.39 Å². The second kappa shape index (κ2) is 3.12. The minimum atomic E-state index is -5.34. The van der Waals surface area contributed by atoms with Crippen LogP contribution in [0.4, 0.5) is 26.5 Å². The summed E-state index contributed by atoms with van der Waals surface area (Å²) in [7, 11) is 0. The lowest BCUT2D eigenvalue weighted by Crippen LogP contribution is -2.37. The Morgan fingerprint density at radius 2 is 1.64 bits per heavy atom. The molecule has 0 aliphatic rings. The number of rotatable bonds is 2. The molecule has 0 aromatic carbocycles. The summed E-state index contributed by atoms with van der Waals surface area (Å²) in [5.41, 5.74) is 0. The van der Waals surface area contributed by atoms with E-state index in [2.05, 4.69) is 6.58 Å². The van der Waals surface area contributed by atoms with Crippen molar-refractivity contribution in [1.29, 1.82) is 0 Å². The van der Waals surface area contributed by atoms with Crippen LogP contribution in [0.1, 0.15) is 0 Å². The van der Waals surface area contributed by atoms with E-state index in [1.54, 1.807) is 0 Å². The second-order valence-electron chi connectivity index (χ2n) is 1.65. The van der Waals surface area contributed by atoms with Gasteiger partial charge in [-0.1, -0.05) is 6.58 Å². The van der Waals surface area contributed by atoms with Gasteiger partial charge in [-0.05, 0) is 0 Å². The van der Waals surface area contributed by atoms with Gasteiger partial charge in [0.1, 0.15) is 5.83 Å². The first-order valence-corrected chi connectivity index (χ1v) is 2.28. The zero-order valence-electron chi connectivity index (χ0n) is 5.00. The van der Waals surface area contributed by atoms with Crippen LogP contribution in [0.5, 0.6) is 0 Å². The summed E-state index contributed by atoms with van der Waals surface area (Å²) in [6.07, 6.45) is -5.34. The summed E-state index contributed by atoms with van der Waals surface area (Å²) in [5, 5.41) is -2.28. The molecular formula is C4H3F6N. The van der Waals surface area contributed by atoms with Crippen LogP contribution >= 0.6 is 0 Å². The van der Waals surface area contributed by atoms with E-state index in [0.717, 1.165) is 0 Å². The van der Waals surface area contributed by atoms with Crippen LogP contribution in [-0.2, 0) is 0 Å². The van der Waals surface area contributed by atoms with Gasteiger partial charge in [-0.2, -0.15) is 13.2 Å². The average molecular weight is 179 g/mol. The van der Waals surface area contributed by atoms with Gasteiger partial charge >= 0.3 is 6.18 Å². The summed E-state index contributed by atoms with van der Waals surface area (Å²) in [6.45, 7) is 2.13. The van der Waals surface area contributed by atoms with E-state index < -0.39 is 23.4 Å². The Morgan fingerprint density at radius 1 is 1.27 bits per heavy atom. The van der Waals surface area contributed by atoms with Crippen LogP contribution in [0.3, 0.4) is 0 Å². The Bertz CT molecular complexity index is 149. The number of hydrogen-bond donors (Lipinski definition) is 0. The predicted molar refractivity (Wildman–Crippen MR) is 24.1 cm³/mol. The van der Waals surface area contributed by atoms with Crippen molar-refractivity contribution in [1.82, 2.24) is 5.34 Å². The first-order chi connectivity index (χ1) is 4.76. The SMILES string of the molecule is C=C(F)C(N(F)F)C(F)(F)F. The zero-order chi connectivity index (χ0) is 9.23. The molecule has 0 fully saturated rings. The van der Waals surface area contributed by atoms with E-state index in [4.69, 9.17) is 0 Å². The molecule has 0 N–H and O–H groups in total. The van der Waals surface area contributed by atoms with Gasteiger partial charge in [0.2, 0.25) is 6.04 Å². The molecule has 0 aromatic heterocycles. The molecule has 0 amide bonds. The van der Waals surface area contributed by atoms with E-state index in [1.807, 2.05) is 0 Å². The molecule has 0 bridgehead atoms. The Balaban J connectivity index is 4.49. The molecule has 0 saturated heterocycles. The third-order valence-corrected chi connectivity index (χ3v) is 0.802. The van der Waals surface area contributed by atoms with Gasteiger partial charge in [0.25, 0.3) is 0 Å². The molecule has 1 unspecified atom stereocenters. The smallest absolute Gasteiger partial charge is 0.210 e. The molecule has 0 radical (unpaired) electrons. The molecule has 0 saturated carbocycles. The molecule has 1 atom stereocenters. The lowest BCUT2D eigenvalue weighted by Gasteiger charge is -2.16. The maximum atomic E-state index is 11.7. The van der Waals surface area contributed by atoms with Crippen molar-refractivity contribution in [2.75, 3.05) is 0 Å². The first-order valence-electron chi connectivity index (χ1n) is 2.28. The van der Waals surface area contributed by atoms with E-state index >= 15 is 0 Å². The van der Waals surface area contributed by atoms with Crippen LogP contribution < -0.4 is 0 Å². The van der Waals surface area contributed by atoms with Crippen LogP contribution in [0.25, 0.3) is 0 Å². The molecule has 0 spiro atoms. The number of halogens is 6. The van der Waals surface area contributed by atoms with Crippen molar-refractivity contribution >= 4 is 0 Å². The zero-order valence-corrected chi connectivity index (χ0v) is 5.00.